The molecule has 1 aromatic carbocycles. The van der Waals surface area contributed by atoms with Crippen LogP contribution in [0.1, 0.15) is 31.9 Å². The van der Waals surface area contributed by atoms with Crippen LogP contribution >= 0.6 is 11.6 Å². The van der Waals surface area contributed by atoms with Crippen molar-refractivity contribution in [3.63, 3.8) is 0 Å². The van der Waals surface area contributed by atoms with E-state index in [1.54, 1.807) is 12.1 Å². The van der Waals surface area contributed by atoms with E-state index in [9.17, 15) is 4.39 Å². The van der Waals surface area contributed by atoms with Crippen molar-refractivity contribution in [2.24, 2.45) is 5.73 Å². The second-order valence-electron chi connectivity index (χ2n) is 5.75. The summed E-state index contributed by atoms with van der Waals surface area (Å²) in [4.78, 5) is 4.89. The van der Waals surface area contributed by atoms with Crippen LogP contribution in [0.4, 0.5) is 4.39 Å². The lowest BCUT2D eigenvalue weighted by molar-refractivity contribution is 0.0743. The Morgan fingerprint density at radius 3 is 2.38 bits per heavy atom. The first-order valence-corrected chi connectivity index (χ1v) is 8.07. The summed E-state index contributed by atoms with van der Waals surface area (Å²) in [5.74, 6) is -0.377. The Hall–Kier alpha value is -0.680. The van der Waals surface area contributed by atoms with Gasteiger partial charge in [0.15, 0.2) is 0 Å². The lowest BCUT2D eigenvalue weighted by Crippen LogP contribution is -2.51. The quantitative estimate of drug-likeness (QED) is 0.907. The molecule has 3 nitrogen and oxygen atoms in total. The summed E-state index contributed by atoms with van der Waals surface area (Å²) in [6, 6.07) is 5.66. The Balaban J connectivity index is 2.04. The molecule has 0 amide bonds. The zero-order chi connectivity index (χ0) is 15.4. The average molecular weight is 314 g/mol. The molecule has 0 aliphatic carbocycles. The third kappa shape index (κ3) is 3.95. The van der Waals surface area contributed by atoms with Crippen molar-refractivity contribution in [3.8, 4) is 0 Å². The highest BCUT2D eigenvalue weighted by Gasteiger charge is 2.26. The van der Waals surface area contributed by atoms with Gasteiger partial charge >= 0.3 is 0 Å². The van der Waals surface area contributed by atoms with Crippen LogP contribution in [-0.2, 0) is 0 Å². The number of rotatable bonds is 5. The second-order valence-corrected chi connectivity index (χ2v) is 6.16. The van der Waals surface area contributed by atoms with Crippen molar-refractivity contribution in [2.75, 3.05) is 32.7 Å². The fraction of sp³-hybridized carbons (Fsp3) is 0.625. The maximum atomic E-state index is 13.3. The van der Waals surface area contributed by atoms with E-state index in [0.29, 0.717) is 12.6 Å². The van der Waals surface area contributed by atoms with Gasteiger partial charge in [0.2, 0.25) is 0 Å². The molecule has 0 saturated carbocycles. The molecule has 1 fully saturated rings. The molecule has 2 rings (SSSR count). The van der Waals surface area contributed by atoms with Crippen LogP contribution in [0, 0.1) is 5.82 Å². The predicted molar refractivity (Wildman–Crippen MR) is 86.1 cm³/mol. The zero-order valence-corrected chi connectivity index (χ0v) is 13.6. The van der Waals surface area contributed by atoms with Crippen LogP contribution in [-0.4, -0.2) is 48.6 Å². The third-order valence-corrected chi connectivity index (χ3v) is 4.85. The van der Waals surface area contributed by atoms with Gasteiger partial charge in [-0.3, -0.25) is 9.80 Å². The van der Waals surface area contributed by atoms with E-state index < -0.39 is 0 Å². The normalized spacial score (nSPS) is 20.4. The lowest BCUT2D eigenvalue weighted by Gasteiger charge is -2.41. The minimum absolute atomic E-state index is 0.113. The molecule has 118 valence electrons. The molecule has 21 heavy (non-hydrogen) atoms. The Kier molecular flexibility index (Phi) is 5.99. The summed E-state index contributed by atoms with van der Waals surface area (Å²) in [6.45, 7) is 9.10. The molecule has 2 N–H and O–H groups in total. The molecule has 0 radical (unpaired) electrons. The van der Waals surface area contributed by atoms with E-state index in [-0.39, 0.29) is 16.9 Å². The summed E-state index contributed by atoms with van der Waals surface area (Å²) in [5.41, 5.74) is 6.95. The molecule has 0 spiro atoms. The van der Waals surface area contributed by atoms with Crippen LogP contribution in [0.25, 0.3) is 0 Å². The van der Waals surface area contributed by atoms with E-state index in [1.165, 1.54) is 12.5 Å². The lowest BCUT2D eigenvalue weighted by atomic mass is 10.0. The molecule has 1 saturated heterocycles. The van der Waals surface area contributed by atoms with E-state index in [2.05, 4.69) is 23.6 Å². The average Bonchev–Trinajstić information content (AvgIpc) is 2.51. The highest BCUT2D eigenvalue weighted by Crippen LogP contribution is 2.26. The van der Waals surface area contributed by atoms with Crippen molar-refractivity contribution in [1.29, 1.82) is 0 Å². The summed E-state index contributed by atoms with van der Waals surface area (Å²) < 4.78 is 13.3. The van der Waals surface area contributed by atoms with Gasteiger partial charge in [-0.25, -0.2) is 4.39 Å². The van der Waals surface area contributed by atoms with Crippen LogP contribution in [0.2, 0.25) is 5.02 Å². The van der Waals surface area contributed by atoms with Crippen molar-refractivity contribution in [2.45, 2.75) is 32.4 Å². The number of nitrogens with zero attached hydrogens (tertiary/aromatic N) is 2. The predicted octanol–water partition coefficient (Wildman–Crippen LogP) is 2.90. The smallest absolute Gasteiger partial charge is 0.141 e. The molecule has 2 unspecified atom stereocenters. The van der Waals surface area contributed by atoms with E-state index in [0.717, 1.165) is 31.7 Å². The molecule has 0 bridgehead atoms. The topological polar surface area (TPSA) is 32.5 Å². The molecule has 1 heterocycles. The van der Waals surface area contributed by atoms with Gasteiger partial charge in [0, 0.05) is 44.8 Å². The Morgan fingerprint density at radius 2 is 1.86 bits per heavy atom. The SMILES string of the molecule is CCC(C)N1CCN(C(CN)c2ccc(F)c(Cl)c2)CC1. The number of halogens is 2. The minimum Gasteiger partial charge on any atom is -0.329 e. The highest BCUT2D eigenvalue weighted by atomic mass is 35.5. The Morgan fingerprint density at radius 1 is 1.24 bits per heavy atom. The summed E-state index contributed by atoms with van der Waals surface area (Å²) in [7, 11) is 0. The third-order valence-electron chi connectivity index (χ3n) is 4.56. The van der Waals surface area contributed by atoms with Gasteiger partial charge in [-0.15, -0.1) is 0 Å². The second kappa shape index (κ2) is 7.54. The molecule has 5 heteroatoms. The molecule has 1 aromatic rings. The fourth-order valence-electron chi connectivity index (χ4n) is 2.96. The molecule has 1 aliphatic heterocycles. The first-order chi connectivity index (χ1) is 10.1. The van der Waals surface area contributed by atoms with E-state index in [1.807, 2.05) is 0 Å². The van der Waals surface area contributed by atoms with Crippen LogP contribution < -0.4 is 5.73 Å². The number of hydrogen-bond acceptors (Lipinski definition) is 3. The number of piperazine rings is 1. The van der Waals surface area contributed by atoms with Crippen molar-refractivity contribution >= 4 is 11.6 Å². The van der Waals surface area contributed by atoms with Gasteiger partial charge in [0.05, 0.1) is 5.02 Å². The maximum Gasteiger partial charge on any atom is 0.141 e. The molecule has 1 aliphatic rings. The van der Waals surface area contributed by atoms with Gasteiger partial charge < -0.3 is 5.73 Å². The minimum atomic E-state index is -0.377. The fourth-order valence-corrected chi connectivity index (χ4v) is 3.15. The van der Waals surface area contributed by atoms with Gasteiger partial charge in [0.1, 0.15) is 5.82 Å². The van der Waals surface area contributed by atoms with Gasteiger partial charge in [-0.2, -0.15) is 0 Å². The van der Waals surface area contributed by atoms with Crippen LogP contribution in [0.15, 0.2) is 18.2 Å². The van der Waals surface area contributed by atoms with E-state index in [4.69, 9.17) is 17.3 Å². The van der Waals surface area contributed by atoms with Gasteiger partial charge in [-0.1, -0.05) is 24.6 Å². The number of hydrogen-bond donors (Lipinski definition) is 1. The Labute approximate surface area is 131 Å². The number of benzene rings is 1. The highest BCUT2D eigenvalue weighted by molar-refractivity contribution is 6.30. The molecule has 0 aromatic heterocycles. The van der Waals surface area contributed by atoms with Crippen molar-refractivity contribution in [3.05, 3.63) is 34.6 Å². The van der Waals surface area contributed by atoms with Gasteiger partial charge in [0.25, 0.3) is 0 Å². The maximum absolute atomic E-state index is 13.3. The molecule has 2 atom stereocenters. The summed E-state index contributed by atoms with van der Waals surface area (Å²) >= 11 is 5.89. The zero-order valence-electron chi connectivity index (χ0n) is 12.9. The first kappa shape index (κ1) is 16.7. The van der Waals surface area contributed by atoms with E-state index >= 15 is 0 Å². The summed E-state index contributed by atoms with van der Waals surface area (Å²) in [5, 5.41) is 0.171. The summed E-state index contributed by atoms with van der Waals surface area (Å²) in [6.07, 6.45) is 1.17. The van der Waals surface area contributed by atoms with Crippen LogP contribution in [0.5, 0.6) is 0 Å². The standard InChI is InChI=1S/C16H25ClFN3/c1-3-12(2)20-6-8-21(9-7-20)16(11-19)13-4-5-15(18)14(17)10-13/h4-5,10,12,16H,3,6-9,11,19H2,1-2H3. The van der Waals surface area contributed by atoms with Crippen molar-refractivity contribution < 1.29 is 4.39 Å². The number of nitrogens with two attached hydrogens (primary N) is 1. The first-order valence-electron chi connectivity index (χ1n) is 7.70. The van der Waals surface area contributed by atoms with Crippen molar-refractivity contribution in [1.82, 2.24) is 9.80 Å². The molecular formula is C16H25ClFN3. The Bertz CT molecular complexity index is 461. The largest absolute Gasteiger partial charge is 0.329 e. The molecular weight excluding hydrogens is 289 g/mol. The van der Waals surface area contributed by atoms with Crippen LogP contribution in [0.3, 0.4) is 0 Å². The van der Waals surface area contributed by atoms with Gasteiger partial charge in [-0.05, 0) is 31.0 Å². The monoisotopic (exact) mass is 313 g/mol.